The Labute approximate surface area is 166 Å². The van der Waals surface area contributed by atoms with Crippen LogP contribution in [0.5, 0.6) is 0 Å². The summed E-state index contributed by atoms with van der Waals surface area (Å²) < 4.78 is 27.0. The van der Waals surface area contributed by atoms with Gasteiger partial charge < -0.3 is 15.1 Å². The molecule has 3 rings (SSSR count). The number of hydrogen-bond acceptors (Lipinski definition) is 4. The van der Waals surface area contributed by atoms with Crippen LogP contribution in [-0.4, -0.2) is 68.9 Å². The summed E-state index contributed by atoms with van der Waals surface area (Å²) in [5.74, 6) is -0.160. The Kier molecular flexibility index (Phi) is 6.24. The van der Waals surface area contributed by atoms with Crippen LogP contribution < -0.4 is 10.0 Å². The molecule has 0 aromatic heterocycles. The van der Waals surface area contributed by atoms with Crippen molar-refractivity contribution in [1.82, 2.24) is 19.8 Å². The third-order valence-electron chi connectivity index (χ3n) is 5.39. The molecule has 2 aliphatic heterocycles. The second kappa shape index (κ2) is 8.48. The van der Waals surface area contributed by atoms with Crippen molar-refractivity contribution in [3.63, 3.8) is 0 Å². The number of carbonyl (C=O) groups excluding carboxylic acids is 2. The SMILES string of the molecule is CCNS(=O)(=O)c1ccc(C)c(C(=O)N2CCC(N3CCCNC3=O)CC2)c1. The lowest BCUT2D eigenvalue weighted by atomic mass is 10.0. The van der Waals surface area contributed by atoms with E-state index in [1.807, 2.05) is 11.8 Å². The van der Waals surface area contributed by atoms with Gasteiger partial charge in [-0.1, -0.05) is 13.0 Å². The first-order valence-electron chi connectivity index (χ1n) is 9.77. The molecule has 2 heterocycles. The number of likely N-dealkylation sites (tertiary alicyclic amines) is 1. The van der Waals surface area contributed by atoms with Crippen molar-refractivity contribution >= 4 is 22.0 Å². The number of amides is 3. The summed E-state index contributed by atoms with van der Waals surface area (Å²) >= 11 is 0. The smallest absolute Gasteiger partial charge is 0.317 e. The van der Waals surface area contributed by atoms with Gasteiger partial charge in [0.05, 0.1) is 4.90 Å². The lowest BCUT2D eigenvalue weighted by molar-refractivity contribution is 0.0641. The van der Waals surface area contributed by atoms with Gasteiger partial charge in [-0.15, -0.1) is 0 Å². The standard InChI is InChI=1S/C19H28N4O4S/c1-3-21-28(26,27)16-6-5-14(2)17(13-16)18(24)22-11-7-15(8-12-22)23-10-4-9-20-19(23)25/h5-6,13,15,21H,3-4,7-12H2,1-2H3,(H,20,25). The number of aryl methyl sites for hydroxylation is 1. The van der Waals surface area contributed by atoms with Gasteiger partial charge >= 0.3 is 6.03 Å². The molecule has 2 saturated heterocycles. The van der Waals surface area contributed by atoms with Crippen LogP contribution in [0.25, 0.3) is 0 Å². The van der Waals surface area contributed by atoms with Crippen LogP contribution in [-0.2, 0) is 10.0 Å². The van der Waals surface area contributed by atoms with Crippen molar-refractivity contribution < 1.29 is 18.0 Å². The minimum atomic E-state index is -3.62. The van der Waals surface area contributed by atoms with E-state index < -0.39 is 10.0 Å². The lowest BCUT2D eigenvalue weighted by Gasteiger charge is -2.40. The maximum atomic E-state index is 13.0. The number of nitrogens with zero attached hydrogens (tertiary/aromatic N) is 2. The average molecular weight is 409 g/mol. The normalized spacial score (nSPS) is 18.9. The van der Waals surface area contributed by atoms with Gasteiger partial charge in [0, 0.05) is 44.3 Å². The third-order valence-corrected chi connectivity index (χ3v) is 6.93. The van der Waals surface area contributed by atoms with Crippen LogP contribution in [0, 0.1) is 6.92 Å². The molecule has 0 bridgehead atoms. The highest BCUT2D eigenvalue weighted by Gasteiger charge is 2.31. The number of carbonyl (C=O) groups is 2. The Hall–Kier alpha value is -2.13. The van der Waals surface area contributed by atoms with Crippen molar-refractivity contribution in [3.05, 3.63) is 29.3 Å². The number of nitrogens with one attached hydrogen (secondary N) is 2. The van der Waals surface area contributed by atoms with Gasteiger partial charge in [-0.2, -0.15) is 0 Å². The quantitative estimate of drug-likeness (QED) is 0.767. The fourth-order valence-electron chi connectivity index (χ4n) is 3.82. The molecule has 0 saturated carbocycles. The molecule has 1 aromatic rings. The molecule has 9 heteroatoms. The van der Waals surface area contributed by atoms with Gasteiger partial charge in [0.15, 0.2) is 0 Å². The maximum absolute atomic E-state index is 13.0. The topological polar surface area (TPSA) is 98.8 Å². The predicted octanol–water partition coefficient (Wildman–Crippen LogP) is 1.31. The molecular formula is C19H28N4O4S. The number of sulfonamides is 1. The first kappa shape index (κ1) is 20.6. The number of benzene rings is 1. The summed E-state index contributed by atoms with van der Waals surface area (Å²) in [4.78, 5) is 28.8. The zero-order valence-corrected chi connectivity index (χ0v) is 17.2. The molecule has 154 valence electrons. The van der Waals surface area contributed by atoms with Crippen LogP contribution in [0.4, 0.5) is 4.79 Å². The van der Waals surface area contributed by atoms with Gasteiger partial charge in [0.2, 0.25) is 10.0 Å². The van der Waals surface area contributed by atoms with E-state index in [0.29, 0.717) is 18.7 Å². The van der Waals surface area contributed by atoms with Crippen LogP contribution >= 0.6 is 0 Å². The van der Waals surface area contributed by atoms with Crippen molar-refractivity contribution in [3.8, 4) is 0 Å². The summed E-state index contributed by atoms with van der Waals surface area (Å²) in [5, 5.41) is 2.87. The Balaban J connectivity index is 1.70. The van der Waals surface area contributed by atoms with E-state index in [2.05, 4.69) is 10.0 Å². The van der Waals surface area contributed by atoms with Gasteiger partial charge in [0.1, 0.15) is 0 Å². The Morgan fingerprint density at radius 3 is 2.61 bits per heavy atom. The molecule has 2 aliphatic rings. The summed E-state index contributed by atoms with van der Waals surface area (Å²) in [6.45, 7) is 6.39. The van der Waals surface area contributed by atoms with Crippen molar-refractivity contribution in [2.24, 2.45) is 0 Å². The molecule has 0 radical (unpaired) electrons. The van der Waals surface area contributed by atoms with Crippen LogP contribution in [0.15, 0.2) is 23.1 Å². The third kappa shape index (κ3) is 4.30. The van der Waals surface area contributed by atoms with Crippen LogP contribution in [0.3, 0.4) is 0 Å². The fourth-order valence-corrected chi connectivity index (χ4v) is 4.89. The Morgan fingerprint density at radius 1 is 1.25 bits per heavy atom. The van der Waals surface area contributed by atoms with E-state index in [-0.39, 0.29) is 29.4 Å². The number of urea groups is 1. The van der Waals surface area contributed by atoms with E-state index in [9.17, 15) is 18.0 Å². The summed E-state index contributed by atoms with van der Waals surface area (Å²) in [6, 6.07) is 4.77. The second-order valence-electron chi connectivity index (χ2n) is 7.28. The molecule has 2 N–H and O–H groups in total. The molecule has 1 aromatic carbocycles. The molecule has 2 fully saturated rings. The lowest BCUT2D eigenvalue weighted by Crippen LogP contribution is -2.54. The van der Waals surface area contributed by atoms with E-state index in [1.54, 1.807) is 17.9 Å². The van der Waals surface area contributed by atoms with E-state index >= 15 is 0 Å². The van der Waals surface area contributed by atoms with E-state index in [0.717, 1.165) is 37.9 Å². The highest BCUT2D eigenvalue weighted by molar-refractivity contribution is 7.89. The van der Waals surface area contributed by atoms with Gasteiger partial charge in [0.25, 0.3) is 5.91 Å². The largest absolute Gasteiger partial charge is 0.338 e. The van der Waals surface area contributed by atoms with Gasteiger partial charge in [-0.25, -0.2) is 17.9 Å². The molecule has 0 atom stereocenters. The van der Waals surface area contributed by atoms with Crippen LogP contribution in [0.2, 0.25) is 0 Å². The zero-order valence-electron chi connectivity index (χ0n) is 16.4. The molecule has 0 aliphatic carbocycles. The predicted molar refractivity (Wildman–Crippen MR) is 106 cm³/mol. The molecule has 8 nitrogen and oxygen atoms in total. The summed E-state index contributed by atoms with van der Waals surface area (Å²) in [5.41, 5.74) is 1.16. The maximum Gasteiger partial charge on any atom is 0.317 e. The first-order chi connectivity index (χ1) is 13.3. The van der Waals surface area contributed by atoms with E-state index in [4.69, 9.17) is 0 Å². The monoisotopic (exact) mass is 408 g/mol. The Bertz CT molecular complexity index is 847. The molecule has 0 unspecified atom stereocenters. The molecule has 0 spiro atoms. The summed E-state index contributed by atoms with van der Waals surface area (Å²) in [7, 11) is -3.62. The van der Waals surface area contributed by atoms with Crippen LogP contribution in [0.1, 0.15) is 42.1 Å². The second-order valence-corrected chi connectivity index (χ2v) is 9.05. The number of rotatable bonds is 5. The highest BCUT2D eigenvalue weighted by Crippen LogP contribution is 2.22. The number of hydrogen-bond donors (Lipinski definition) is 2. The minimum Gasteiger partial charge on any atom is -0.338 e. The summed E-state index contributed by atoms with van der Waals surface area (Å²) in [6.07, 6.45) is 2.40. The first-order valence-corrected chi connectivity index (χ1v) is 11.3. The van der Waals surface area contributed by atoms with Gasteiger partial charge in [-0.3, -0.25) is 4.79 Å². The average Bonchev–Trinajstić information content (AvgIpc) is 2.68. The van der Waals surface area contributed by atoms with Crippen molar-refractivity contribution in [2.75, 3.05) is 32.7 Å². The highest BCUT2D eigenvalue weighted by atomic mass is 32.2. The minimum absolute atomic E-state index is 0.0202. The van der Waals surface area contributed by atoms with Gasteiger partial charge in [-0.05, 0) is 43.9 Å². The van der Waals surface area contributed by atoms with Crippen molar-refractivity contribution in [1.29, 1.82) is 0 Å². The molecule has 28 heavy (non-hydrogen) atoms. The van der Waals surface area contributed by atoms with Crippen molar-refractivity contribution in [2.45, 2.75) is 44.0 Å². The fraction of sp³-hybridized carbons (Fsp3) is 0.579. The molecule has 3 amide bonds. The molecular weight excluding hydrogens is 380 g/mol. The Morgan fingerprint density at radius 2 is 1.96 bits per heavy atom. The van der Waals surface area contributed by atoms with E-state index in [1.165, 1.54) is 12.1 Å². The number of piperidine rings is 1. The zero-order chi connectivity index (χ0) is 20.3.